The van der Waals surface area contributed by atoms with Crippen molar-refractivity contribution in [3.63, 3.8) is 0 Å². The summed E-state index contributed by atoms with van der Waals surface area (Å²) < 4.78 is 77.6. The molecule has 6 nitrogen and oxygen atoms in total. The Labute approximate surface area is 210 Å². The summed E-state index contributed by atoms with van der Waals surface area (Å²) in [5.41, 5.74) is -2.87. The average molecular weight is 531 g/mol. The van der Waals surface area contributed by atoms with Crippen molar-refractivity contribution < 1.29 is 36.2 Å². The molecule has 0 atom stereocenters. The molecule has 0 unspecified atom stereocenters. The smallest absolute Gasteiger partial charge is 0.385 e. The number of rotatable bonds is 4. The van der Waals surface area contributed by atoms with E-state index in [0.29, 0.717) is 38.4 Å². The van der Waals surface area contributed by atoms with Crippen LogP contribution in [0.3, 0.4) is 0 Å². The molecule has 4 rings (SSSR count). The van der Waals surface area contributed by atoms with Gasteiger partial charge >= 0.3 is 12.4 Å². The number of pyridine rings is 1. The third-order valence-corrected chi connectivity index (χ3v) is 7.02. The van der Waals surface area contributed by atoms with Crippen molar-refractivity contribution in [2.75, 3.05) is 50.7 Å². The maximum absolute atomic E-state index is 13.1. The predicted molar refractivity (Wildman–Crippen MR) is 124 cm³/mol. The molecule has 12 heteroatoms. The van der Waals surface area contributed by atoms with Gasteiger partial charge in [0.2, 0.25) is 5.91 Å². The third kappa shape index (κ3) is 6.53. The summed E-state index contributed by atoms with van der Waals surface area (Å²) in [6.07, 6.45) is -7.17. The average Bonchev–Trinajstić information content (AvgIpc) is 3.09. The molecule has 1 aromatic carbocycles. The lowest BCUT2D eigenvalue weighted by Crippen LogP contribution is -2.48. The number of anilines is 1. The van der Waals surface area contributed by atoms with Crippen molar-refractivity contribution in [1.82, 2.24) is 14.8 Å². The Morgan fingerprint density at radius 1 is 0.892 bits per heavy atom. The van der Waals surface area contributed by atoms with Crippen LogP contribution in [0.2, 0.25) is 0 Å². The molecule has 202 valence electrons. The standard InChI is InChI=1S/C25H28F6N4O2/c26-24(27,28)19-4-1-3-18(15-19)23(37)7-11-35(12-8-23)22(36)17-33-9-2-10-34(14-13-33)21-6-5-20(16-32-21)25(29,30)31/h1,3-6,15-16,37H,2,7-14,17H2. The highest BCUT2D eigenvalue weighted by Gasteiger charge is 2.38. The second kappa shape index (κ2) is 10.5. The van der Waals surface area contributed by atoms with E-state index in [1.807, 2.05) is 9.80 Å². The van der Waals surface area contributed by atoms with Crippen molar-refractivity contribution >= 4 is 11.7 Å². The number of alkyl halides is 6. The molecule has 37 heavy (non-hydrogen) atoms. The van der Waals surface area contributed by atoms with Gasteiger partial charge in [0, 0.05) is 45.5 Å². The van der Waals surface area contributed by atoms with E-state index < -0.39 is 29.1 Å². The van der Waals surface area contributed by atoms with Crippen molar-refractivity contribution in [1.29, 1.82) is 0 Å². The molecule has 1 amide bonds. The lowest BCUT2D eigenvalue weighted by atomic mass is 9.83. The molecule has 0 radical (unpaired) electrons. The molecular formula is C25H28F6N4O2. The number of halogens is 6. The lowest BCUT2D eigenvalue weighted by Gasteiger charge is -2.39. The SMILES string of the molecule is O=C(CN1CCCN(c2ccc(C(F)(F)F)cn2)CC1)N1CCC(O)(c2cccc(C(F)(F)F)c2)CC1. The summed E-state index contributed by atoms with van der Waals surface area (Å²) in [4.78, 5) is 22.3. The summed E-state index contributed by atoms with van der Waals surface area (Å²) in [5, 5.41) is 11.0. The Balaban J connectivity index is 1.29. The first kappa shape index (κ1) is 27.2. The molecule has 1 aromatic heterocycles. The van der Waals surface area contributed by atoms with Gasteiger partial charge in [-0.05, 0) is 49.1 Å². The fraction of sp³-hybridized carbons (Fsp3) is 0.520. The minimum atomic E-state index is -4.51. The van der Waals surface area contributed by atoms with Gasteiger partial charge in [0.25, 0.3) is 0 Å². The third-order valence-electron chi connectivity index (χ3n) is 7.02. The molecular weight excluding hydrogens is 502 g/mol. The molecule has 2 aliphatic rings. The van der Waals surface area contributed by atoms with Crippen LogP contribution >= 0.6 is 0 Å². The molecule has 2 saturated heterocycles. The molecule has 1 N–H and O–H groups in total. The topological polar surface area (TPSA) is 59.9 Å². The van der Waals surface area contributed by atoms with Crippen LogP contribution in [0.1, 0.15) is 36.0 Å². The Morgan fingerprint density at radius 3 is 2.22 bits per heavy atom. The molecule has 2 aromatic rings. The first-order valence-corrected chi connectivity index (χ1v) is 12.0. The number of carbonyl (C=O) groups excluding carboxylic acids is 1. The van der Waals surface area contributed by atoms with Crippen LogP contribution in [0.15, 0.2) is 42.6 Å². The number of aliphatic hydroxyl groups is 1. The number of carbonyl (C=O) groups is 1. The number of hydrogen-bond acceptors (Lipinski definition) is 5. The van der Waals surface area contributed by atoms with E-state index in [-0.39, 0.29) is 43.9 Å². The van der Waals surface area contributed by atoms with Gasteiger partial charge in [-0.2, -0.15) is 26.3 Å². The van der Waals surface area contributed by atoms with Crippen molar-refractivity contribution in [2.45, 2.75) is 37.2 Å². The van der Waals surface area contributed by atoms with Gasteiger partial charge in [0.05, 0.1) is 23.3 Å². The molecule has 0 bridgehead atoms. The second-order valence-electron chi connectivity index (χ2n) is 9.51. The van der Waals surface area contributed by atoms with Crippen LogP contribution in [0.5, 0.6) is 0 Å². The van der Waals surface area contributed by atoms with Crippen molar-refractivity contribution in [3.8, 4) is 0 Å². The van der Waals surface area contributed by atoms with Crippen LogP contribution in [-0.4, -0.2) is 71.6 Å². The summed E-state index contributed by atoms with van der Waals surface area (Å²) in [6.45, 7) is 2.84. The Hall–Kier alpha value is -2.86. The molecule has 3 heterocycles. The van der Waals surface area contributed by atoms with E-state index in [4.69, 9.17) is 0 Å². The van der Waals surface area contributed by atoms with E-state index in [1.165, 1.54) is 18.2 Å². The summed E-state index contributed by atoms with van der Waals surface area (Å²) >= 11 is 0. The number of aromatic nitrogens is 1. The van der Waals surface area contributed by atoms with Crippen LogP contribution in [0, 0.1) is 0 Å². The Bertz CT molecular complexity index is 1080. The molecule has 0 saturated carbocycles. The Morgan fingerprint density at radius 2 is 1.59 bits per heavy atom. The first-order chi connectivity index (χ1) is 17.3. The number of amides is 1. The quantitative estimate of drug-likeness (QED) is 0.603. The van der Waals surface area contributed by atoms with Gasteiger partial charge in [-0.15, -0.1) is 0 Å². The fourth-order valence-corrected chi connectivity index (χ4v) is 4.79. The number of benzene rings is 1. The lowest BCUT2D eigenvalue weighted by molar-refractivity contribution is -0.139. The van der Waals surface area contributed by atoms with E-state index in [0.717, 1.165) is 24.4 Å². The van der Waals surface area contributed by atoms with Crippen LogP contribution in [-0.2, 0) is 22.7 Å². The maximum atomic E-state index is 13.1. The van der Waals surface area contributed by atoms with Crippen LogP contribution in [0.4, 0.5) is 32.2 Å². The summed E-state index contributed by atoms with van der Waals surface area (Å²) in [5.74, 6) is 0.318. The van der Waals surface area contributed by atoms with Gasteiger partial charge < -0.3 is 14.9 Å². The minimum absolute atomic E-state index is 0.132. The maximum Gasteiger partial charge on any atom is 0.417 e. The van der Waals surface area contributed by atoms with Gasteiger partial charge in [-0.1, -0.05) is 12.1 Å². The fourth-order valence-electron chi connectivity index (χ4n) is 4.79. The van der Waals surface area contributed by atoms with E-state index in [9.17, 15) is 36.2 Å². The second-order valence-corrected chi connectivity index (χ2v) is 9.51. The zero-order chi connectivity index (χ0) is 26.8. The zero-order valence-corrected chi connectivity index (χ0v) is 20.0. The van der Waals surface area contributed by atoms with Crippen LogP contribution in [0.25, 0.3) is 0 Å². The summed E-state index contributed by atoms with van der Waals surface area (Å²) in [7, 11) is 0. The molecule has 2 aliphatic heterocycles. The van der Waals surface area contributed by atoms with Gasteiger partial charge in [-0.3, -0.25) is 9.69 Å². The highest BCUT2D eigenvalue weighted by Crippen LogP contribution is 2.37. The molecule has 0 spiro atoms. The number of likely N-dealkylation sites (tertiary alicyclic amines) is 1. The number of piperidine rings is 1. The predicted octanol–water partition coefficient (Wildman–Crippen LogP) is 4.14. The Kier molecular flexibility index (Phi) is 7.70. The first-order valence-electron chi connectivity index (χ1n) is 12.0. The minimum Gasteiger partial charge on any atom is -0.385 e. The highest BCUT2D eigenvalue weighted by molar-refractivity contribution is 5.78. The van der Waals surface area contributed by atoms with Crippen LogP contribution < -0.4 is 4.90 Å². The largest absolute Gasteiger partial charge is 0.417 e. The van der Waals surface area contributed by atoms with E-state index >= 15 is 0 Å². The normalized spacial score (nSPS) is 19.5. The van der Waals surface area contributed by atoms with Crippen molar-refractivity contribution in [2.24, 2.45) is 0 Å². The van der Waals surface area contributed by atoms with Crippen molar-refractivity contribution in [3.05, 3.63) is 59.3 Å². The molecule has 2 fully saturated rings. The van der Waals surface area contributed by atoms with Gasteiger partial charge in [0.1, 0.15) is 5.82 Å². The van der Waals surface area contributed by atoms with Gasteiger partial charge in [-0.25, -0.2) is 4.98 Å². The zero-order valence-electron chi connectivity index (χ0n) is 20.0. The van der Waals surface area contributed by atoms with E-state index in [2.05, 4.69) is 4.98 Å². The summed E-state index contributed by atoms with van der Waals surface area (Å²) in [6, 6.07) is 7.03. The number of nitrogens with zero attached hydrogens (tertiary/aromatic N) is 4. The molecule has 0 aliphatic carbocycles. The van der Waals surface area contributed by atoms with E-state index in [1.54, 1.807) is 4.90 Å². The van der Waals surface area contributed by atoms with Gasteiger partial charge in [0.15, 0.2) is 0 Å². The number of hydrogen-bond donors (Lipinski definition) is 1. The highest BCUT2D eigenvalue weighted by atomic mass is 19.4. The monoisotopic (exact) mass is 530 g/mol.